The van der Waals surface area contributed by atoms with E-state index >= 15 is 0 Å². The summed E-state index contributed by atoms with van der Waals surface area (Å²) in [6.45, 7) is 8.49. The number of hydrogen-bond donors (Lipinski definition) is 2. The van der Waals surface area contributed by atoms with Crippen LogP contribution >= 0.6 is 0 Å². The zero-order valence-electron chi connectivity index (χ0n) is 35.7. The van der Waals surface area contributed by atoms with Crippen LogP contribution in [0.3, 0.4) is 0 Å². The molecule has 4 aliphatic heterocycles. The summed E-state index contributed by atoms with van der Waals surface area (Å²) in [5, 5.41) is 13.7. The van der Waals surface area contributed by atoms with Crippen molar-refractivity contribution in [1.82, 2.24) is 48.6 Å². The number of nitrogens with one attached hydrogen (secondary N) is 2. The van der Waals surface area contributed by atoms with Gasteiger partial charge in [0, 0.05) is 64.6 Å². The average molecular weight is 869 g/mol. The van der Waals surface area contributed by atoms with Gasteiger partial charge in [0.15, 0.2) is 11.3 Å². The number of nitrogens with zero attached hydrogens (tertiary/aromatic N) is 10. The van der Waals surface area contributed by atoms with Crippen LogP contribution in [0.1, 0.15) is 98.4 Å². The van der Waals surface area contributed by atoms with Crippen LogP contribution in [0, 0.1) is 5.92 Å². The Morgan fingerprint density at radius 2 is 1.89 bits per heavy atom. The lowest BCUT2D eigenvalue weighted by Crippen LogP contribution is -2.53. The lowest BCUT2D eigenvalue weighted by Gasteiger charge is -2.42. The number of benzene rings is 1. The zero-order valence-corrected chi connectivity index (χ0v) is 35.7. The minimum atomic E-state index is -2.86. The van der Waals surface area contributed by atoms with Gasteiger partial charge in [-0.3, -0.25) is 38.4 Å². The summed E-state index contributed by atoms with van der Waals surface area (Å²) in [5.41, 5.74) is 2.48. The van der Waals surface area contributed by atoms with Crippen molar-refractivity contribution >= 4 is 45.9 Å². The van der Waals surface area contributed by atoms with Gasteiger partial charge in [0.2, 0.25) is 11.8 Å². The van der Waals surface area contributed by atoms with E-state index in [1.807, 2.05) is 18.2 Å². The number of ether oxygens (including phenoxy) is 1. The summed E-state index contributed by atoms with van der Waals surface area (Å²) in [4.78, 5) is 63.4. The third-order valence-corrected chi connectivity index (χ3v) is 14.2. The molecule has 1 aromatic carbocycles. The topological polar surface area (TPSA) is 169 Å². The van der Waals surface area contributed by atoms with E-state index in [0.717, 1.165) is 107 Å². The van der Waals surface area contributed by atoms with Gasteiger partial charge in [0.1, 0.15) is 17.4 Å². The molecule has 4 aromatic heterocycles. The van der Waals surface area contributed by atoms with Gasteiger partial charge in [-0.05, 0) is 88.4 Å². The molecule has 2 N–H and O–H groups in total. The molecule has 3 amide bonds. The number of alkyl halides is 2. The normalized spacial score (nSPS) is 25.8. The summed E-state index contributed by atoms with van der Waals surface area (Å²) in [5.74, 6) is -0.0742. The van der Waals surface area contributed by atoms with Crippen LogP contribution < -0.4 is 21.2 Å². The number of aryl methyl sites for hydroxylation is 2. The molecule has 4 saturated heterocycles. The van der Waals surface area contributed by atoms with Gasteiger partial charge >= 0.3 is 5.69 Å². The van der Waals surface area contributed by atoms with Crippen molar-refractivity contribution in [2.45, 2.75) is 101 Å². The molecule has 0 spiro atoms. The van der Waals surface area contributed by atoms with Crippen molar-refractivity contribution in [3.8, 4) is 0 Å². The third kappa shape index (κ3) is 7.92. The maximum absolute atomic E-state index is 14.3. The summed E-state index contributed by atoms with van der Waals surface area (Å²) in [7, 11) is 1.74. The van der Waals surface area contributed by atoms with Crippen molar-refractivity contribution in [1.29, 1.82) is 0 Å². The maximum atomic E-state index is 14.3. The standard InChI is InChI=1S/C44H54F2N12O5/c1-26-21-53(15-4-6-28-5-3-7-34-39(28)52(2)44(62)58(34)35-12-13-37(59)50-43(35)61)17-18-54(26)22-27-8-10-29(11-9-27)57-24-33(38(51-57)40(45)46)48-42(60)32-20-47-56-16-14-36(49-41(32)56)55-23-31-19-30(55)25-63-31/h3,5,7,14,16,20,24,26-27,29-31,35,40H,4,6,8-13,15,17-19,21-23,25H2,1-2H3,(H,48,60)(H,50,59,61)/t26-,27-,29-,30-,31-,35?/m1/s1. The first-order valence-corrected chi connectivity index (χ1v) is 22.4. The van der Waals surface area contributed by atoms with Crippen molar-refractivity contribution < 1.29 is 27.9 Å². The fraction of sp³-hybridized carbons (Fsp3) is 0.568. The predicted octanol–water partition coefficient (Wildman–Crippen LogP) is 4.09. The number of anilines is 2. The number of morpholine rings is 1. The van der Waals surface area contributed by atoms with Gasteiger partial charge < -0.3 is 19.9 Å². The molecule has 5 aromatic rings. The molecule has 334 valence electrons. The number of para-hydroxylation sites is 1. The molecule has 1 aliphatic carbocycles. The Kier molecular flexibility index (Phi) is 11.1. The minimum Gasteiger partial charge on any atom is -0.374 e. The molecule has 5 aliphatic rings. The lowest BCUT2D eigenvalue weighted by molar-refractivity contribution is -0.135. The number of imide groups is 1. The molecular formula is C44H54F2N12O5. The Morgan fingerprint density at radius 1 is 1.05 bits per heavy atom. The number of carbonyl (C=O) groups excluding carboxylic acids is 3. The number of hydrogen-bond acceptors (Lipinski definition) is 11. The van der Waals surface area contributed by atoms with E-state index in [1.54, 1.807) is 33.3 Å². The summed E-state index contributed by atoms with van der Waals surface area (Å²) >= 11 is 0. The highest BCUT2D eigenvalue weighted by molar-refractivity contribution is 6.08. The number of halogens is 2. The van der Waals surface area contributed by atoms with Crippen LogP contribution in [0.2, 0.25) is 0 Å². The molecule has 19 heteroatoms. The molecule has 10 rings (SSSR count). The van der Waals surface area contributed by atoms with Crippen LogP contribution in [0.4, 0.5) is 20.3 Å². The number of piperidine rings is 1. The molecule has 1 unspecified atom stereocenters. The molecule has 17 nitrogen and oxygen atoms in total. The Bertz CT molecular complexity index is 2610. The third-order valence-electron chi connectivity index (χ3n) is 14.2. The number of carbonyl (C=O) groups is 3. The first kappa shape index (κ1) is 41.5. The summed E-state index contributed by atoms with van der Waals surface area (Å²) in [6.07, 6.45) is 8.78. The van der Waals surface area contributed by atoms with Gasteiger partial charge in [0.25, 0.3) is 12.3 Å². The molecular weight excluding hydrogens is 815 g/mol. The number of imidazole rings is 1. The molecule has 1 saturated carbocycles. The smallest absolute Gasteiger partial charge is 0.329 e. The zero-order chi connectivity index (χ0) is 43.5. The predicted molar refractivity (Wildman–Crippen MR) is 229 cm³/mol. The second-order valence-electron chi connectivity index (χ2n) is 18.2. The SMILES string of the molecule is C[C@@H]1CN(CCCc2cccc3c2n(C)c(=O)n3C2CCC(=O)NC2=O)CCN1C[C@H]1CC[C@H](n2cc(NC(=O)c3cnn4ccc(N5C[C@H]6C[C@@H]5CO6)nc34)c(C(F)F)n2)CC1. The largest absolute Gasteiger partial charge is 0.374 e. The highest BCUT2D eigenvalue weighted by Crippen LogP contribution is 2.37. The van der Waals surface area contributed by atoms with Crippen molar-refractivity contribution in [2.24, 2.45) is 13.0 Å². The van der Waals surface area contributed by atoms with E-state index in [0.29, 0.717) is 30.6 Å². The Labute approximate surface area is 362 Å². The van der Waals surface area contributed by atoms with Crippen molar-refractivity contribution in [3.05, 3.63) is 70.2 Å². The van der Waals surface area contributed by atoms with E-state index in [9.17, 15) is 28.0 Å². The van der Waals surface area contributed by atoms with Gasteiger partial charge in [0.05, 0.1) is 47.7 Å². The van der Waals surface area contributed by atoms with Gasteiger partial charge in [-0.1, -0.05) is 12.1 Å². The van der Waals surface area contributed by atoms with Crippen LogP contribution in [-0.4, -0.2) is 125 Å². The van der Waals surface area contributed by atoms with Gasteiger partial charge in [-0.15, -0.1) is 0 Å². The Balaban J connectivity index is 0.711. The molecule has 2 bridgehead atoms. The monoisotopic (exact) mass is 868 g/mol. The Morgan fingerprint density at radius 3 is 2.63 bits per heavy atom. The van der Waals surface area contributed by atoms with Crippen LogP contribution in [0.5, 0.6) is 0 Å². The number of fused-ring (bicyclic) bond motifs is 4. The maximum Gasteiger partial charge on any atom is 0.329 e. The van der Waals surface area contributed by atoms with Crippen LogP contribution in [-0.2, 0) is 27.8 Å². The lowest BCUT2D eigenvalue weighted by atomic mass is 9.85. The number of piperazine rings is 1. The molecule has 63 heavy (non-hydrogen) atoms. The molecule has 8 heterocycles. The number of aromatic nitrogens is 7. The van der Waals surface area contributed by atoms with Crippen molar-refractivity contribution in [3.63, 3.8) is 0 Å². The highest BCUT2D eigenvalue weighted by Gasteiger charge is 2.40. The number of rotatable bonds is 12. The highest BCUT2D eigenvalue weighted by atomic mass is 19.3. The van der Waals surface area contributed by atoms with E-state index in [-0.39, 0.29) is 47.5 Å². The fourth-order valence-electron chi connectivity index (χ4n) is 10.8. The second-order valence-corrected chi connectivity index (χ2v) is 18.2. The van der Waals surface area contributed by atoms with E-state index in [2.05, 4.69) is 48.5 Å². The van der Waals surface area contributed by atoms with Crippen LogP contribution in [0.25, 0.3) is 16.7 Å². The van der Waals surface area contributed by atoms with Gasteiger partial charge in [-0.2, -0.15) is 10.2 Å². The summed E-state index contributed by atoms with van der Waals surface area (Å²) in [6, 6.07) is 7.62. The van der Waals surface area contributed by atoms with E-state index in [4.69, 9.17) is 9.72 Å². The molecule has 5 fully saturated rings. The summed E-state index contributed by atoms with van der Waals surface area (Å²) < 4.78 is 40.7. The molecule has 0 radical (unpaired) electrons. The van der Waals surface area contributed by atoms with E-state index < -0.39 is 30.0 Å². The second kappa shape index (κ2) is 16.9. The minimum absolute atomic E-state index is 0.000125. The van der Waals surface area contributed by atoms with Crippen molar-refractivity contribution in [2.75, 3.05) is 56.1 Å². The quantitative estimate of drug-likeness (QED) is 0.173. The van der Waals surface area contributed by atoms with Crippen LogP contribution in [0.15, 0.2) is 47.7 Å². The Hall–Kier alpha value is -5.53. The first-order valence-electron chi connectivity index (χ1n) is 22.4. The van der Waals surface area contributed by atoms with Gasteiger partial charge in [-0.25, -0.2) is 23.1 Å². The molecule has 4 atom stereocenters. The first-order chi connectivity index (χ1) is 30.5. The number of amides is 3. The van der Waals surface area contributed by atoms with E-state index in [1.165, 1.54) is 10.7 Å². The fourth-order valence-corrected chi connectivity index (χ4v) is 10.8. The average Bonchev–Trinajstić information content (AvgIpc) is 4.12.